The SMILES string of the molecule is CCOC(=O)C(=O)Cc1cnc(CCc2ccccc2)cn1. The van der Waals surface area contributed by atoms with Gasteiger partial charge in [-0.1, -0.05) is 30.3 Å². The molecule has 1 heterocycles. The maximum Gasteiger partial charge on any atom is 0.375 e. The quantitative estimate of drug-likeness (QED) is 0.577. The summed E-state index contributed by atoms with van der Waals surface area (Å²) in [6.45, 7) is 1.85. The van der Waals surface area contributed by atoms with Crippen molar-refractivity contribution in [3.05, 3.63) is 59.7 Å². The molecule has 0 aliphatic heterocycles. The van der Waals surface area contributed by atoms with E-state index in [-0.39, 0.29) is 13.0 Å². The van der Waals surface area contributed by atoms with Crippen molar-refractivity contribution in [3.63, 3.8) is 0 Å². The molecule has 0 atom stereocenters. The Balaban J connectivity index is 1.87. The number of rotatable bonds is 7. The molecule has 0 aliphatic carbocycles. The Labute approximate surface area is 129 Å². The zero-order chi connectivity index (χ0) is 15.8. The van der Waals surface area contributed by atoms with Crippen LogP contribution in [0, 0.1) is 0 Å². The molecule has 0 aliphatic rings. The van der Waals surface area contributed by atoms with E-state index in [4.69, 9.17) is 0 Å². The summed E-state index contributed by atoms with van der Waals surface area (Å²) in [4.78, 5) is 31.3. The second-order valence-corrected chi connectivity index (χ2v) is 4.81. The molecule has 5 heteroatoms. The maximum absolute atomic E-state index is 11.6. The predicted molar refractivity (Wildman–Crippen MR) is 81.2 cm³/mol. The molecule has 0 unspecified atom stereocenters. The average Bonchev–Trinajstić information content (AvgIpc) is 2.55. The molecule has 0 spiro atoms. The highest BCUT2D eigenvalue weighted by molar-refractivity contribution is 6.34. The lowest BCUT2D eigenvalue weighted by molar-refractivity contribution is -0.153. The molecule has 2 rings (SSSR count). The Morgan fingerprint density at radius 1 is 1.00 bits per heavy atom. The van der Waals surface area contributed by atoms with Crippen molar-refractivity contribution in [3.8, 4) is 0 Å². The first kappa shape index (κ1) is 15.8. The van der Waals surface area contributed by atoms with Gasteiger partial charge in [0, 0.05) is 12.4 Å². The molecule has 0 saturated carbocycles. The lowest BCUT2D eigenvalue weighted by Gasteiger charge is -2.03. The summed E-state index contributed by atoms with van der Waals surface area (Å²) >= 11 is 0. The Kier molecular flexibility index (Phi) is 5.77. The monoisotopic (exact) mass is 298 g/mol. The third kappa shape index (κ3) is 4.77. The number of ether oxygens (including phenoxy) is 1. The van der Waals surface area contributed by atoms with Gasteiger partial charge >= 0.3 is 5.97 Å². The van der Waals surface area contributed by atoms with Crippen LogP contribution in [0.3, 0.4) is 0 Å². The molecule has 0 fully saturated rings. The molecule has 114 valence electrons. The molecule has 0 saturated heterocycles. The van der Waals surface area contributed by atoms with E-state index in [1.807, 2.05) is 18.2 Å². The maximum atomic E-state index is 11.6. The highest BCUT2D eigenvalue weighted by Gasteiger charge is 2.16. The Bertz CT molecular complexity index is 624. The summed E-state index contributed by atoms with van der Waals surface area (Å²) in [7, 11) is 0. The van der Waals surface area contributed by atoms with E-state index in [2.05, 4.69) is 26.8 Å². The first-order chi connectivity index (χ1) is 10.7. The standard InChI is InChI=1S/C17H18N2O3/c1-2-22-17(21)16(20)10-15-12-18-14(11-19-15)9-8-13-6-4-3-5-7-13/h3-7,11-12H,2,8-10H2,1H3. The molecule has 5 nitrogen and oxygen atoms in total. The van der Waals surface area contributed by atoms with Gasteiger partial charge in [0.25, 0.3) is 0 Å². The number of aromatic nitrogens is 2. The summed E-state index contributed by atoms with van der Waals surface area (Å²) in [5, 5.41) is 0. The minimum atomic E-state index is -0.822. The van der Waals surface area contributed by atoms with Crippen LogP contribution in [0.5, 0.6) is 0 Å². The third-order valence-electron chi connectivity index (χ3n) is 3.12. The van der Waals surface area contributed by atoms with Crippen molar-refractivity contribution in [2.24, 2.45) is 0 Å². The largest absolute Gasteiger partial charge is 0.460 e. The summed E-state index contributed by atoms with van der Waals surface area (Å²) in [5.41, 5.74) is 2.57. The van der Waals surface area contributed by atoms with Gasteiger partial charge in [0.1, 0.15) is 0 Å². The highest BCUT2D eigenvalue weighted by Crippen LogP contribution is 2.05. The summed E-state index contributed by atoms with van der Waals surface area (Å²) in [6, 6.07) is 10.1. The fourth-order valence-electron chi connectivity index (χ4n) is 1.97. The number of esters is 1. The molecule has 0 amide bonds. The minimum Gasteiger partial charge on any atom is -0.460 e. The van der Waals surface area contributed by atoms with E-state index < -0.39 is 11.8 Å². The lowest BCUT2D eigenvalue weighted by Crippen LogP contribution is -2.20. The Morgan fingerprint density at radius 2 is 1.68 bits per heavy atom. The van der Waals surface area contributed by atoms with Gasteiger partial charge in [0.15, 0.2) is 0 Å². The van der Waals surface area contributed by atoms with Crippen molar-refractivity contribution in [2.45, 2.75) is 26.2 Å². The number of Topliss-reactive ketones (excluding diaryl/α,β-unsaturated/α-hetero) is 1. The average molecular weight is 298 g/mol. The van der Waals surface area contributed by atoms with Crippen LogP contribution in [-0.4, -0.2) is 28.3 Å². The predicted octanol–water partition coefficient (Wildman–Crippen LogP) is 1.94. The first-order valence-electron chi connectivity index (χ1n) is 7.22. The molecule has 0 N–H and O–H groups in total. The number of hydrogen-bond donors (Lipinski definition) is 0. The molecule has 0 radical (unpaired) electrons. The number of benzene rings is 1. The highest BCUT2D eigenvalue weighted by atomic mass is 16.5. The lowest BCUT2D eigenvalue weighted by atomic mass is 10.1. The summed E-state index contributed by atoms with van der Waals surface area (Å²) < 4.78 is 4.65. The Morgan fingerprint density at radius 3 is 2.32 bits per heavy atom. The topological polar surface area (TPSA) is 69.2 Å². The van der Waals surface area contributed by atoms with E-state index in [1.165, 1.54) is 11.8 Å². The van der Waals surface area contributed by atoms with Crippen LogP contribution in [0.2, 0.25) is 0 Å². The van der Waals surface area contributed by atoms with Crippen molar-refractivity contribution >= 4 is 11.8 Å². The van der Waals surface area contributed by atoms with Crippen LogP contribution in [0.4, 0.5) is 0 Å². The zero-order valence-corrected chi connectivity index (χ0v) is 12.5. The van der Waals surface area contributed by atoms with E-state index in [1.54, 1.807) is 13.1 Å². The van der Waals surface area contributed by atoms with Crippen molar-refractivity contribution in [1.82, 2.24) is 9.97 Å². The molecular formula is C17H18N2O3. The Hall–Kier alpha value is -2.56. The van der Waals surface area contributed by atoms with Crippen LogP contribution >= 0.6 is 0 Å². The van der Waals surface area contributed by atoms with Gasteiger partial charge in [-0.25, -0.2) is 4.79 Å². The van der Waals surface area contributed by atoms with Gasteiger partial charge in [-0.15, -0.1) is 0 Å². The van der Waals surface area contributed by atoms with Crippen molar-refractivity contribution < 1.29 is 14.3 Å². The molecule has 1 aromatic heterocycles. The number of carbonyl (C=O) groups is 2. The number of hydrogen-bond acceptors (Lipinski definition) is 5. The minimum absolute atomic E-state index is 0.0786. The van der Waals surface area contributed by atoms with Gasteiger partial charge in [-0.2, -0.15) is 0 Å². The van der Waals surface area contributed by atoms with Crippen LogP contribution in [0.25, 0.3) is 0 Å². The first-order valence-corrected chi connectivity index (χ1v) is 7.22. The van der Waals surface area contributed by atoms with Crippen LogP contribution < -0.4 is 0 Å². The number of ketones is 1. The van der Waals surface area contributed by atoms with E-state index >= 15 is 0 Å². The second kappa shape index (κ2) is 8.02. The summed E-state index contributed by atoms with van der Waals surface area (Å²) in [6.07, 6.45) is 4.78. The van der Waals surface area contributed by atoms with Crippen LogP contribution in [-0.2, 0) is 33.6 Å². The smallest absolute Gasteiger partial charge is 0.375 e. The number of nitrogens with zero attached hydrogens (tertiary/aromatic N) is 2. The number of carbonyl (C=O) groups excluding carboxylic acids is 2. The van der Waals surface area contributed by atoms with Gasteiger partial charge in [-0.05, 0) is 25.3 Å². The van der Waals surface area contributed by atoms with Gasteiger partial charge < -0.3 is 4.74 Å². The normalized spacial score (nSPS) is 10.2. The van der Waals surface area contributed by atoms with Gasteiger partial charge in [-0.3, -0.25) is 14.8 Å². The molecule has 22 heavy (non-hydrogen) atoms. The van der Waals surface area contributed by atoms with E-state index in [9.17, 15) is 9.59 Å². The fourth-order valence-corrected chi connectivity index (χ4v) is 1.97. The van der Waals surface area contributed by atoms with E-state index in [0.717, 1.165) is 18.5 Å². The second-order valence-electron chi connectivity index (χ2n) is 4.81. The molecule has 1 aromatic carbocycles. The molecular weight excluding hydrogens is 280 g/mol. The van der Waals surface area contributed by atoms with Gasteiger partial charge in [0.2, 0.25) is 5.78 Å². The summed E-state index contributed by atoms with van der Waals surface area (Å²) in [5.74, 6) is -1.43. The van der Waals surface area contributed by atoms with E-state index in [0.29, 0.717) is 5.69 Å². The van der Waals surface area contributed by atoms with Crippen molar-refractivity contribution in [1.29, 1.82) is 0 Å². The fraction of sp³-hybridized carbons (Fsp3) is 0.294. The molecule has 2 aromatic rings. The third-order valence-corrected chi connectivity index (χ3v) is 3.12. The van der Waals surface area contributed by atoms with Crippen LogP contribution in [0.15, 0.2) is 42.7 Å². The van der Waals surface area contributed by atoms with Gasteiger partial charge in [0.05, 0.1) is 24.4 Å². The molecule has 0 bridgehead atoms. The zero-order valence-electron chi connectivity index (χ0n) is 12.5. The van der Waals surface area contributed by atoms with Crippen LogP contribution in [0.1, 0.15) is 23.9 Å². The van der Waals surface area contributed by atoms with Crippen molar-refractivity contribution in [2.75, 3.05) is 6.61 Å². The number of aryl methyl sites for hydroxylation is 2.